The van der Waals surface area contributed by atoms with Gasteiger partial charge in [0.2, 0.25) is 5.91 Å². The lowest BCUT2D eigenvalue weighted by molar-refractivity contribution is -0.137. The fraction of sp³-hybridized carbons (Fsp3) is 0.400. The maximum Gasteiger partial charge on any atom is 0.419 e. The van der Waals surface area contributed by atoms with E-state index in [0.29, 0.717) is 11.0 Å². The normalized spacial score (nSPS) is 20.5. The average molecular weight is 312 g/mol. The Labute approximate surface area is 111 Å². The van der Waals surface area contributed by atoms with E-state index in [0.717, 1.165) is 12.3 Å². The molecule has 1 aromatic heterocycles. The molecule has 0 radical (unpaired) electrons. The summed E-state index contributed by atoms with van der Waals surface area (Å²) in [5.74, 6) is -1.63. The van der Waals surface area contributed by atoms with E-state index in [1.807, 2.05) is 0 Å². The largest absolute Gasteiger partial charge is 0.419 e. The number of halogens is 4. The summed E-state index contributed by atoms with van der Waals surface area (Å²) in [5, 5.41) is -1.67. The zero-order valence-corrected chi connectivity index (χ0v) is 10.6. The highest BCUT2D eigenvalue weighted by Crippen LogP contribution is 2.37. The molecular weight excluding hydrogens is 304 g/mol. The first-order valence-corrected chi connectivity index (χ1v) is 6.81. The summed E-state index contributed by atoms with van der Waals surface area (Å²) in [6.45, 7) is -0.683. The number of amides is 1. The highest BCUT2D eigenvalue weighted by molar-refractivity contribution is 7.87. The van der Waals surface area contributed by atoms with E-state index in [9.17, 15) is 30.3 Å². The monoisotopic (exact) mass is 312 g/mol. The quantitative estimate of drug-likeness (QED) is 0.613. The Bertz CT molecular complexity index is 644. The summed E-state index contributed by atoms with van der Waals surface area (Å²) < 4.78 is 72.7. The van der Waals surface area contributed by atoms with Crippen molar-refractivity contribution >= 4 is 21.9 Å². The Balaban J connectivity index is 2.41. The molecule has 0 aromatic carbocycles. The van der Waals surface area contributed by atoms with Crippen molar-refractivity contribution in [2.75, 3.05) is 11.4 Å². The van der Waals surface area contributed by atoms with E-state index in [-0.39, 0.29) is 0 Å². The van der Waals surface area contributed by atoms with Crippen LogP contribution in [-0.4, -0.2) is 31.1 Å². The van der Waals surface area contributed by atoms with Gasteiger partial charge in [0.1, 0.15) is 11.1 Å². The number of nitrogens with zero attached hydrogens (tertiary/aromatic N) is 2. The van der Waals surface area contributed by atoms with Gasteiger partial charge in [-0.05, 0) is 12.1 Å². The maximum atomic E-state index is 12.8. The van der Waals surface area contributed by atoms with Crippen molar-refractivity contribution in [1.29, 1.82) is 0 Å². The molecule has 1 fully saturated rings. The van der Waals surface area contributed by atoms with Gasteiger partial charge in [-0.2, -0.15) is 21.6 Å². The zero-order chi connectivity index (χ0) is 15.1. The van der Waals surface area contributed by atoms with E-state index in [1.54, 1.807) is 0 Å². The van der Waals surface area contributed by atoms with E-state index in [1.165, 1.54) is 0 Å². The second kappa shape index (κ2) is 4.69. The van der Waals surface area contributed by atoms with Crippen LogP contribution in [0.15, 0.2) is 18.3 Å². The second-order valence-corrected chi connectivity index (χ2v) is 5.80. The first-order chi connectivity index (χ1) is 9.10. The predicted octanol–water partition coefficient (Wildman–Crippen LogP) is 1.50. The number of pyridine rings is 1. The Morgan fingerprint density at radius 1 is 1.35 bits per heavy atom. The molecule has 10 heteroatoms. The fourth-order valence-corrected chi connectivity index (χ4v) is 2.57. The molecule has 1 saturated heterocycles. The molecule has 0 saturated carbocycles. The molecular formula is C10H8F4N2O3S. The summed E-state index contributed by atoms with van der Waals surface area (Å²) in [7, 11) is -5.00. The van der Waals surface area contributed by atoms with Crippen LogP contribution in [-0.2, 0) is 21.2 Å². The van der Waals surface area contributed by atoms with Crippen LogP contribution in [0, 0.1) is 0 Å². The van der Waals surface area contributed by atoms with Crippen LogP contribution in [0.25, 0.3) is 0 Å². The Kier molecular flexibility index (Phi) is 3.44. The minimum atomic E-state index is -5.00. The summed E-state index contributed by atoms with van der Waals surface area (Å²) >= 11 is 0. The van der Waals surface area contributed by atoms with Crippen LogP contribution in [0.5, 0.6) is 0 Å². The molecule has 2 heterocycles. The molecule has 1 aliphatic heterocycles. The number of aromatic nitrogens is 1. The lowest BCUT2D eigenvalue weighted by Crippen LogP contribution is -2.30. The van der Waals surface area contributed by atoms with Gasteiger partial charge in [0.25, 0.3) is 0 Å². The summed E-state index contributed by atoms with van der Waals surface area (Å²) in [5.41, 5.74) is -1.18. The third-order valence-electron chi connectivity index (χ3n) is 2.84. The van der Waals surface area contributed by atoms with Gasteiger partial charge >= 0.3 is 16.4 Å². The SMILES string of the molecule is O=C1CC(S(=O)(=O)F)CN1c1ncccc1C(F)(F)F. The number of anilines is 1. The van der Waals surface area contributed by atoms with Crippen molar-refractivity contribution in [1.82, 2.24) is 4.98 Å². The van der Waals surface area contributed by atoms with Crippen molar-refractivity contribution in [3.63, 3.8) is 0 Å². The number of carbonyl (C=O) groups excluding carboxylic acids is 1. The number of rotatable bonds is 2. The standard InChI is InChI=1S/C10H8F4N2O3S/c11-10(12,13)7-2-1-3-15-9(7)16-5-6(4-8(16)17)20(14,18)19/h1-3,6H,4-5H2. The van der Waals surface area contributed by atoms with E-state index in [2.05, 4.69) is 4.98 Å². The molecule has 0 N–H and O–H groups in total. The Morgan fingerprint density at radius 3 is 2.50 bits per heavy atom. The number of carbonyl (C=O) groups is 1. The van der Waals surface area contributed by atoms with Gasteiger partial charge in [-0.25, -0.2) is 4.98 Å². The Hall–Kier alpha value is -1.71. The third kappa shape index (κ3) is 2.74. The smallest absolute Gasteiger partial charge is 0.295 e. The van der Waals surface area contributed by atoms with E-state index < -0.39 is 51.9 Å². The van der Waals surface area contributed by atoms with Crippen molar-refractivity contribution in [3.8, 4) is 0 Å². The summed E-state index contributed by atoms with van der Waals surface area (Å²) in [6, 6.07) is 1.75. The molecule has 1 amide bonds. The van der Waals surface area contributed by atoms with Crippen LogP contribution in [0.4, 0.5) is 22.9 Å². The molecule has 2 rings (SSSR count). The molecule has 0 spiro atoms. The minimum Gasteiger partial charge on any atom is -0.295 e. The van der Waals surface area contributed by atoms with Crippen molar-refractivity contribution in [3.05, 3.63) is 23.9 Å². The summed E-state index contributed by atoms with van der Waals surface area (Å²) in [4.78, 5) is 15.6. The molecule has 1 aromatic rings. The van der Waals surface area contributed by atoms with Crippen molar-refractivity contribution < 1.29 is 30.3 Å². The van der Waals surface area contributed by atoms with Gasteiger partial charge in [-0.15, -0.1) is 3.89 Å². The first-order valence-electron chi connectivity index (χ1n) is 5.37. The number of hydrogen-bond donors (Lipinski definition) is 0. The maximum absolute atomic E-state index is 12.8. The lowest BCUT2D eigenvalue weighted by Gasteiger charge is -2.19. The van der Waals surface area contributed by atoms with Crippen molar-refractivity contribution in [2.24, 2.45) is 0 Å². The average Bonchev–Trinajstić information content (AvgIpc) is 2.70. The molecule has 0 bridgehead atoms. The highest BCUT2D eigenvalue weighted by Gasteiger charge is 2.43. The number of alkyl halides is 3. The molecule has 0 aliphatic carbocycles. The van der Waals surface area contributed by atoms with E-state index in [4.69, 9.17) is 0 Å². The predicted molar refractivity (Wildman–Crippen MR) is 60.0 cm³/mol. The van der Waals surface area contributed by atoms with Crippen LogP contribution >= 0.6 is 0 Å². The van der Waals surface area contributed by atoms with Gasteiger partial charge in [0.15, 0.2) is 0 Å². The number of hydrogen-bond acceptors (Lipinski definition) is 4. The molecule has 5 nitrogen and oxygen atoms in total. The van der Waals surface area contributed by atoms with Gasteiger partial charge < -0.3 is 0 Å². The molecule has 110 valence electrons. The topological polar surface area (TPSA) is 67.3 Å². The van der Waals surface area contributed by atoms with Crippen LogP contribution < -0.4 is 4.90 Å². The minimum absolute atomic E-state index is 0.546. The first kappa shape index (κ1) is 14.7. The van der Waals surface area contributed by atoms with Gasteiger partial charge in [0, 0.05) is 19.2 Å². The van der Waals surface area contributed by atoms with Gasteiger partial charge in [-0.3, -0.25) is 9.69 Å². The van der Waals surface area contributed by atoms with Crippen molar-refractivity contribution in [2.45, 2.75) is 17.8 Å². The molecule has 1 unspecified atom stereocenters. The van der Waals surface area contributed by atoms with Crippen LogP contribution in [0.3, 0.4) is 0 Å². The lowest BCUT2D eigenvalue weighted by atomic mass is 10.2. The molecule has 1 atom stereocenters. The van der Waals surface area contributed by atoms with Crippen LogP contribution in [0.1, 0.15) is 12.0 Å². The Morgan fingerprint density at radius 2 is 2.00 bits per heavy atom. The van der Waals surface area contributed by atoms with Crippen LogP contribution in [0.2, 0.25) is 0 Å². The summed E-state index contributed by atoms with van der Waals surface area (Å²) in [6.07, 6.45) is -4.42. The third-order valence-corrected chi connectivity index (χ3v) is 3.95. The zero-order valence-electron chi connectivity index (χ0n) is 9.76. The van der Waals surface area contributed by atoms with Gasteiger partial charge in [0.05, 0.1) is 5.56 Å². The van der Waals surface area contributed by atoms with Gasteiger partial charge in [-0.1, -0.05) is 0 Å². The fourth-order valence-electron chi connectivity index (χ4n) is 1.90. The molecule has 20 heavy (non-hydrogen) atoms. The highest BCUT2D eigenvalue weighted by atomic mass is 32.3. The molecule has 1 aliphatic rings. The van der Waals surface area contributed by atoms with E-state index >= 15 is 0 Å². The second-order valence-electron chi connectivity index (χ2n) is 4.18.